The first-order chi connectivity index (χ1) is 5.07. The smallest absolute Gasteiger partial charge is 0.305 e. The highest BCUT2D eigenvalue weighted by Gasteiger charge is 2.06. The van der Waals surface area contributed by atoms with E-state index in [1.165, 1.54) is 7.11 Å². The van der Waals surface area contributed by atoms with Crippen LogP contribution in [0.5, 0.6) is 0 Å². The van der Waals surface area contributed by atoms with Crippen molar-refractivity contribution >= 4 is 11.9 Å². The Balaban J connectivity index is 3.54. The third-order valence-corrected chi connectivity index (χ3v) is 1.19. The second-order valence-corrected chi connectivity index (χ2v) is 2.04. The number of carboxylic acids is 1. The number of carbonyl (C=O) groups is 2. The van der Waals surface area contributed by atoms with E-state index in [0.717, 1.165) is 0 Å². The molecule has 0 aromatic rings. The lowest BCUT2D eigenvalue weighted by Gasteiger charge is -2.10. The fourth-order valence-electron chi connectivity index (χ4n) is 0.493. The van der Waals surface area contributed by atoms with Gasteiger partial charge in [-0.1, -0.05) is 0 Å². The number of carboxylic acid groups (broad SMARTS) is 1. The zero-order valence-corrected chi connectivity index (χ0v) is 6.20. The molecule has 0 bridgehead atoms. The SMILES string of the molecule is COC(=O)CCC(N)C(=O)[O-]. The topological polar surface area (TPSA) is 92.5 Å². The van der Waals surface area contributed by atoms with Gasteiger partial charge in [0, 0.05) is 12.5 Å². The summed E-state index contributed by atoms with van der Waals surface area (Å²) in [7, 11) is 1.23. The van der Waals surface area contributed by atoms with E-state index >= 15 is 0 Å². The molecule has 0 radical (unpaired) electrons. The van der Waals surface area contributed by atoms with Crippen LogP contribution in [0.15, 0.2) is 0 Å². The monoisotopic (exact) mass is 160 g/mol. The number of esters is 1. The minimum Gasteiger partial charge on any atom is -0.548 e. The van der Waals surface area contributed by atoms with Crippen molar-refractivity contribution in [3.8, 4) is 0 Å². The van der Waals surface area contributed by atoms with E-state index in [0.29, 0.717) is 0 Å². The molecule has 0 aliphatic heterocycles. The molecule has 0 amide bonds. The molecule has 1 unspecified atom stereocenters. The van der Waals surface area contributed by atoms with Gasteiger partial charge in [0.15, 0.2) is 0 Å². The van der Waals surface area contributed by atoms with E-state index in [-0.39, 0.29) is 12.8 Å². The van der Waals surface area contributed by atoms with Gasteiger partial charge in [0.25, 0.3) is 0 Å². The highest BCUT2D eigenvalue weighted by Crippen LogP contribution is 1.94. The number of ether oxygens (including phenoxy) is 1. The summed E-state index contributed by atoms with van der Waals surface area (Å²) in [5.74, 6) is -1.82. The Morgan fingerprint density at radius 1 is 1.64 bits per heavy atom. The van der Waals surface area contributed by atoms with Gasteiger partial charge in [-0.2, -0.15) is 0 Å². The number of hydrogen-bond donors (Lipinski definition) is 1. The summed E-state index contributed by atoms with van der Waals surface area (Å²) in [4.78, 5) is 20.5. The van der Waals surface area contributed by atoms with Crippen LogP contribution < -0.4 is 10.8 Å². The van der Waals surface area contributed by atoms with Gasteiger partial charge in [0.1, 0.15) is 0 Å². The number of carbonyl (C=O) groups excluding carboxylic acids is 2. The van der Waals surface area contributed by atoms with Crippen LogP contribution in [-0.2, 0) is 14.3 Å². The van der Waals surface area contributed by atoms with Gasteiger partial charge in [0.05, 0.1) is 13.1 Å². The van der Waals surface area contributed by atoms with E-state index in [1.54, 1.807) is 0 Å². The third-order valence-electron chi connectivity index (χ3n) is 1.19. The summed E-state index contributed by atoms with van der Waals surface area (Å²) in [5.41, 5.74) is 5.05. The van der Waals surface area contributed by atoms with Crippen molar-refractivity contribution in [3.05, 3.63) is 0 Å². The van der Waals surface area contributed by atoms with Gasteiger partial charge in [-0.25, -0.2) is 0 Å². The third kappa shape index (κ3) is 4.32. The summed E-state index contributed by atoms with van der Waals surface area (Å²) in [5, 5.41) is 10.0. The molecule has 11 heavy (non-hydrogen) atoms. The lowest BCUT2D eigenvalue weighted by Crippen LogP contribution is -2.42. The molecule has 5 heteroatoms. The van der Waals surface area contributed by atoms with Crippen LogP contribution in [0.3, 0.4) is 0 Å². The summed E-state index contributed by atoms with van der Waals surface area (Å²) in [6.07, 6.45) is 0.0562. The van der Waals surface area contributed by atoms with E-state index in [2.05, 4.69) is 4.74 Å². The van der Waals surface area contributed by atoms with E-state index < -0.39 is 18.0 Å². The first kappa shape index (κ1) is 9.90. The standard InChI is InChI=1S/C6H11NO4/c1-11-5(8)3-2-4(7)6(9)10/h4H,2-3,7H2,1H3,(H,9,10)/p-1. The van der Waals surface area contributed by atoms with Crippen LogP contribution in [0.2, 0.25) is 0 Å². The van der Waals surface area contributed by atoms with Crippen molar-refractivity contribution in [2.24, 2.45) is 5.73 Å². The molecular formula is C6H10NO4-. The van der Waals surface area contributed by atoms with Crippen LogP contribution in [-0.4, -0.2) is 25.1 Å². The number of methoxy groups -OCH3 is 1. The molecule has 0 saturated carbocycles. The van der Waals surface area contributed by atoms with Crippen molar-refractivity contribution in [1.82, 2.24) is 0 Å². The molecule has 0 heterocycles. The van der Waals surface area contributed by atoms with Gasteiger partial charge in [-0.3, -0.25) is 4.79 Å². The predicted molar refractivity (Wildman–Crippen MR) is 34.2 cm³/mol. The Labute approximate surface area is 64.1 Å². The fraction of sp³-hybridized carbons (Fsp3) is 0.667. The lowest BCUT2D eigenvalue weighted by molar-refractivity contribution is -0.307. The summed E-state index contributed by atoms with van der Waals surface area (Å²) in [6, 6.07) is -1.09. The molecule has 0 aliphatic carbocycles. The minimum atomic E-state index is -1.35. The molecule has 64 valence electrons. The Morgan fingerprint density at radius 3 is 2.55 bits per heavy atom. The van der Waals surface area contributed by atoms with Crippen LogP contribution in [0.25, 0.3) is 0 Å². The highest BCUT2D eigenvalue weighted by molar-refractivity contribution is 5.73. The van der Waals surface area contributed by atoms with Crippen LogP contribution >= 0.6 is 0 Å². The highest BCUT2D eigenvalue weighted by atomic mass is 16.5. The number of hydrogen-bond acceptors (Lipinski definition) is 5. The van der Waals surface area contributed by atoms with Gasteiger partial charge in [0.2, 0.25) is 0 Å². The van der Waals surface area contributed by atoms with E-state index in [9.17, 15) is 14.7 Å². The molecule has 0 aromatic heterocycles. The predicted octanol–water partition coefficient (Wildman–Crippen LogP) is -1.98. The van der Waals surface area contributed by atoms with E-state index in [4.69, 9.17) is 5.73 Å². The molecule has 1 atom stereocenters. The Bertz CT molecular complexity index is 157. The van der Waals surface area contributed by atoms with Gasteiger partial charge < -0.3 is 20.4 Å². The quantitative estimate of drug-likeness (QED) is 0.481. The lowest BCUT2D eigenvalue weighted by atomic mass is 10.2. The molecule has 5 nitrogen and oxygen atoms in total. The molecule has 2 N–H and O–H groups in total. The van der Waals surface area contributed by atoms with Crippen molar-refractivity contribution in [2.75, 3.05) is 7.11 Å². The molecule has 0 saturated heterocycles. The molecule has 0 fully saturated rings. The van der Waals surface area contributed by atoms with Crippen molar-refractivity contribution in [3.63, 3.8) is 0 Å². The van der Waals surface area contributed by atoms with Crippen molar-refractivity contribution in [2.45, 2.75) is 18.9 Å². The average Bonchev–Trinajstić information content (AvgIpc) is 1.99. The second kappa shape index (κ2) is 4.68. The molecule has 0 rings (SSSR count). The largest absolute Gasteiger partial charge is 0.548 e. The normalized spacial score (nSPS) is 12.2. The zero-order chi connectivity index (χ0) is 8.85. The number of rotatable bonds is 4. The summed E-state index contributed by atoms with van der Waals surface area (Å²) >= 11 is 0. The number of aliphatic carboxylic acids is 1. The molecule has 0 spiro atoms. The van der Waals surface area contributed by atoms with Crippen molar-refractivity contribution < 1.29 is 19.4 Å². The average molecular weight is 160 g/mol. The van der Waals surface area contributed by atoms with Crippen LogP contribution in [0.1, 0.15) is 12.8 Å². The Hall–Kier alpha value is -1.10. The molecule has 0 aliphatic rings. The molecule has 0 aromatic carbocycles. The van der Waals surface area contributed by atoms with Crippen molar-refractivity contribution in [1.29, 1.82) is 0 Å². The fourth-order valence-corrected chi connectivity index (χ4v) is 0.493. The maximum Gasteiger partial charge on any atom is 0.305 e. The van der Waals surface area contributed by atoms with Gasteiger partial charge in [-0.15, -0.1) is 0 Å². The Kier molecular flexibility index (Phi) is 4.21. The first-order valence-electron chi connectivity index (χ1n) is 3.11. The van der Waals surface area contributed by atoms with Crippen LogP contribution in [0, 0.1) is 0 Å². The van der Waals surface area contributed by atoms with E-state index in [1.807, 2.05) is 0 Å². The second-order valence-electron chi connectivity index (χ2n) is 2.04. The molecular weight excluding hydrogens is 150 g/mol. The minimum absolute atomic E-state index is 0.00560. The zero-order valence-electron chi connectivity index (χ0n) is 6.20. The van der Waals surface area contributed by atoms with Gasteiger partial charge in [-0.05, 0) is 6.42 Å². The first-order valence-corrected chi connectivity index (χ1v) is 3.11. The summed E-state index contributed by atoms with van der Waals surface area (Å²) < 4.78 is 4.27. The maximum atomic E-state index is 10.4. The van der Waals surface area contributed by atoms with Gasteiger partial charge >= 0.3 is 5.97 Å². The van der Waals surface area contributed by atoms with Crippen LogP contribution in [0.4, 0.5) is 0 Å². The number of nitrogens with two attached hydrogens (primary N) is 1. The maximum absolute atomic E-state index is 10.4. The Morgan fingerprint density at radius 2 is 2.18 bits per heavy atom. The summed E-state index contributed by atoms with van der Waals surface area (Å²) in [6.45, 7) is 0.